The Bertz CT molecular complexity index is 802. The van der Waals surface area contributed by atoms with Gasteiger partial charge in [0, 0.05) is 12.4 Å². The van der Waals surface area contributed by atoms with Crippen molar-refractivity contribution in [2.45, 2.75) is 20.3 Å². The molecule has 24 heavy (non-hydrogen) atoms. The third kappa shape index (κ3) is 3.68. The van der Waals surface area contributed by atoms with Crippen LogP contribution in [0.4, 0.5) is 4.79 Å². The number of benzene rings is 1. The summed E-state index contributed by atoms with van der Waals surface area (Å²) in [6.07, 6.45) is 0.556. The van der Waals surface area contributed by atoms with E-state index < -0.39 is 24.5 Å². The largest absolute Gasteiger partial charge is 0.452 e. The monoisotopic (exact) mass is 329 g/mol. The van der Waals surface area contributed by atoms with E-state index >= 15 is 0 Å². The summed E-state index contributed by atoms with van der Waals surface area (Å²) < 4.78 is 5.04. The number of aromatic nitrogens is 1. The third-order valence-electron chi connectivity index (χ3n) is 3.58. The first-order chi connectivity index (χ1) is 11.5. The zero-order chi connectivity index (χ0) is 17.7. The third-order valence-corrected chi connectivity index (χ3v) is 3.58. The summed E-state index contributed by atoms with van der Waals surface area (Å²) in [4.78, 5) is 39.5. The molecule has 2 aromatic rings. The van der Waals surface area contributed by atoms with Crippen LogP contribution >= 0.6 is 0 Å². The molecule has 0 saturated carbocycles. The summed E-state index contributed by atoms with van der Waals surface area (Å²) in [5, 5.41) is 5.13. The fourth-order valence-corrected chi connectivity index (χ4v) is 2.40. The van der Waals surface area contributed by atoms with Gasteiger partial charge in [0.1, 0.15) is 0 Å². The lowest BCUT2D eigenvalue weighted by atomic mass is 10.0. The average molecular weight is 329 g/mol. The lowest BCUT2D eigenvalue weighted by Crippen LogP contribution is -2.39. The topological polar surface area (TPSA) is 97.4 Å². The van der Waals surface area contributed by atoms with Gasteiger partial charge in [-0.25, -0.2) is 9.59 Å². The summed E-state index contributed by atoms with van der Waals surface area (Å²) in [6, 6.07) is 6.86. The van der Waals surface area contributed by atoms with Gasteiger partial charge in [-0.15, -0.1) is 0 Å². The minimum Gasteiger partial charge on any atom is -0.452 e. The first kappa shape index (κ1) is 17.4. The molecule has 0 spiro atoms. The van der Waals surface area contributed by atoms with Crippen molar-refractivity contribution in [1.82, 2.24) is 15.6 Å². The van der Waals surface area contributed by atoms with E-state index in [-0.39, 0.29) is 0 Å². The molecule has 0 bridgehead atoms. The van der Waals surface area contributed by atoms with E-state index in [4.69, 9.17) is 4.74 Å². The van der Waals surface area contributed by atoms with E-state index in [1.807, 2.05) is 43.4 Å². The molecule has 1 heterocycles. The number of amides is 3. The molecule has 7 nitrogen and oxygen atoms in total. The Morgan fingerprint density at radius 1 is 1.21 bits per heavy atom. The number of rotatable bonds is 4. The van der Waals surface area contributed by atoms with Gasteiger partial charge < -0.3 is 10.1 Å². The number of para-hydroxylation sites is 1. The van der Waals surface area contributed by atoms with Crippen LogP contribution in [0.15, 0.2) is 24.3 Å². The molecule has 0 radical (unpaired) electrons. The number of nitrogens with zero attached hydrogens (tertiary/aromatic N) is 1. The van der Waals surface area contributed by atoms with Crippen molar-refractivity contribution < 1.29 is 19.1 Å². The summed E-state index contributed by atoms with van der Waals surface area (Å²) in [5.41, 5.74) is 2.54. The van der Waals surface area contributed by atoms with Gasteiger partial charge in [-0.1, -0.05) is 25.1 Å². The van der Waals surface area contributed by atoms with Gasteiger partial charge in [0.05, 0.1) is 16.8 Å². The fourth-order valence-electron chi connectivity index (χ4n) is 2.40. The molecule has 2 rings (SSSR count). The second kappa shape index (κ2) is 7.54. The number of imide groups is 1. The van der Waals surface area contributed by atoms with Gasteiger partial charge in [0.15, 0.2) is 6.61 Å². The lowest BCUT2D eigenvalue weighted by Gasteiger charge is -2.13. The zero-order valence-electron chi connectivity index (χ0n) is 13.8. The molecule has 0 aliphatic heterocycles. The van der Waals surface area contributed by atoms with Gasteiger partial charge >= 0.3 is 12.0 Å². The molecule has 3 amide bonds. The minimum atomic E-state index is -0.702. The van der Waals surface area contributed by atoms with Crippen LogP contribution in [0.1, 0.15) is 28.5 Å². The Morgan fingerprint density at radius 2 is 1.92 bits per heavy atom. The SMILES string of the molecule is CCc1nc2ccccc2c(C)c1C(=O)OCC(=O)NC(=O)NC. The summed E-state index contributed by atoms with van der Waals surface area (Å²) in [7, 11) is 1.38. The number of carbonyl (C=O) groups excluding carboxylic acids is 3. The summed E-state index contributed by atoms with van der Waals surface area (Å²) in [6.45, 7) is 3.18. The maximum atomic E-state index is 12.4. The van der Waals surface area contributed by atoms with Gasteiger partial charge in [-0.2, -0.15) is 0 Å². The van der Waals surface area contributed by atoms with Crippen LogP contribution in [0, 0.1) is 6.92 Å². The standard InChI is InChI=1S/C17H19N3O4/c1-4-12-15(10(2)11-7-5-6-8-13(11)19-12)16(22)24-9-14(21)20-17(23)18-3/h5-8H,4,9H2,1-3H3,(H2,18,20,21,23). The van der Waals surface area contributed by atoms with Crippen molar-refractivity contribution >= 4 is 28.8 Å². The molecule has 0 saturated heterocycles. The number of pyridine rings is 1. The van der Waals surface area contributed by atoms with E-state index in [1.54, 1.807) is 0 Å². The molecule has 0 aliphatic carbocycles. The molecular formula is C17H19N3O4. The molecule has 126 valence electrons. The van der Waals surface area contributed by atoms with Crippen LogP contribution in [0.5, 0.6) is 0 Å². The Morgan fingerprint density at radius 3 is 2.58 bits per heavy atom. The number of esters is 1. The molecule has 1 aromatic carbocycles. The van der Waals surface area contributed by atoms with Crippen LogP contribution in [-0.4, -0.2) is 36.5 Å². The first-order valence-electron chi connectivity index (χ1n) is 7.54. The molecule has 7 heteroatoms. The van der Waals surface area contributed by atoms with Crippen LogP contribution in [0.3, 0.4) is 0 Å². The lowest BCUT2D eigenvalue weighted by molar-refractivity contribution is -0.123. The molecule has 1 aromatic heterocycles. The number of aryl methyl sites for hydroxylation is 2. The quantitative estimate of drug-likeness (QED) is 0.832. The van der Waals surface area contributed by atoms with Crippen LogP contribution in [0.2, 0.25) is 0 Å². The number of ether oxygens (including phenoxy) is 1. The Kier molecular flexibility index (Phi) is 5.47. The van der Waals surface area contributed by atoms with Crippen molar-refractivity contribution in [3.05, 3.63) is 41.1 Å². The van der Waals surface area contributed by atoms with Crippen LogP contribution < -0.4 is 10.6 Å². The van der Waals surface area contributed by atoms with Gasteiger partial charge in [-0.05, 0) is 25.0 Å². The van der Waals surface area contributed by atoms with E-state index in [9.17, 15) is 14.4 Å². The van der Waals surface area contributed by atoms with Gasteiger partial charge in [-0.3, -0.25) is 15.1 Å². The van der Waals surface area contributed by atoms with Crippen LogP contribution in [0.25, 0.3) is 10.9 Å². The van der Waals surface area contributed by atoms with Crippen molar-refractivity contribution in [2.75, 3.05) is 13.7 Å². The fraction of sp³-hybridized carbons (Fsp3) is 0.294. The van der Waals surface area contributed by atoms with E-state index in [0.717, 1.165) is 16.5 Å². The second-order valence-electron chi connectivity index (χ2n) is 5.13. The number of fused-ring (bicyclic) bond motifs is 1. The molecule has 0 aliphatic rings. The molecular weight excluding hydrogens is 310 g/mol. The van der Waals surface area contributed by atoms with Crippen molar-refractivity contribution in [2.24, 2.45) is 0 Å². The Hall–Kier alpha value is -2.96. The predicted molar refractivity (Wildman–Crippen MR) is 88.7 cm³/mol. The number of nitrogens with one attached hydrogen (secondary N) is 2. The number of carbonyl (C=O) groups is 3. The minimum absolute atomic E-state index is 0.365. The van der Waals surface area contributed by atoms with Crippen LogP contribution in [-0.2, 0) is 16.0 Å². The smallest absolute Gasteiger partial charge is 0.340 e. The van der Waals surface area contributed by atoms with Gasteiger partial charge in [0.25, 0.3) is 5.91 Å². The number of urea groups is 1. The number of hydrogen-bond acceptors (Lipinski definition) is 5. The molecule has 0 atom stereocenters. The predicted octanol–water partition coefficient (Wildman–Crippen LogP) is 1.72. The molecule has 2 N–H and O–H groups in total. The summed E-state index contributed by atoms with van der Waals surface area (Å²) >= 11 is 0. The highest BCUT2D eigenvalue weighted by atomic mass is 16.5. The Labute approximate surface area is 139 Å². The zero-order valence-corrected chi connectivity index (χ0v) is 13.8. The molecule has 0 fully saturated rings. The van der Waals surface area contributed by atoms with Crippen molar-refractivity contribution in [3.63, 3.8) is 0 Å². The average Bonchev–Trinajstić information content (AvgIpc) is 2.59. The van der Waals surface area contributed by atoms with E-state index in [0.29, 0.717) is 17.7 Å². The van der Waals surface area contributed by atoms with Gasteiger partial charge in [0.2, 0.25) is 0 Å². The highest BCUT2D eigenvalue weighted by Gasteiger charge is 2.20. The van der Waals surface area contributed by atoms with E-state index in [1.165, 1.54) is 7.05 Å². The first-order valence-corrected chi connectivity index (χ1v) is 7.54. The maximum absolute atomic E-state index is 12.4. The number of hydrogen-bond donors (Lipinski definition) is 2. The van der Waals surface area contributed by atoms with E-state index in [2.05, 4.69) is 10.3 Å². The summed E-state index contributed by atoms with van der Waals surface area (Å²) in [5.74, 6) is -1.33. The highest BCUT2D eigenvalue weighted by Crippen LogP contribution is 2.23. The molecule has 0 unspecified atom stereocenters. The van der Waals surface area contributed by atoms with Crippen molar-refractivity contribution in [1.29, 1.82) is 0 Å². The van der Waals surface area contributed by atoms with Crippen molar-refractivity contribution in [3.8, 4) is 0 Å². The maximum Gasteiger partial charge on any atom is 0.340 e. The second-order valence-corrected chi connectivity index (χ2v) is 5.13. The normalized spacial score (nSPS) is 10.3. The Balaban J connectivity index is 2.24. The highest BCUT2D eigenvalue weighted by molar-refractivity contribution is 6.00.